The number of aromatic carboxylic acids is 4. The quantitative estimate of drug-likeness (QED) is 0.0524. The van der Waals surface area contributed by atoms with Gasteiger partial charge in [-0.3, -0.25) is 9.59 Å². The average Bonchev–Trinajstić information content (AvgIpc) is 0.992. The number of rotatable bonds is 20. The Labute approximate surface area is 677 Å². The van der Waals surface area contributed by atoms with Crippen LogP contribution in [0.4, 0.5) is 68.2 Å². The molecule has 4 saturated heterocycles. The van der Waals surface area contributed by atoms with Gasteiger partial charge in [-0.15, -0.1) is 0 Å². The number of carboxylic acids is 4. The Kier molecular flexibility index (Phi) is 27.7. The Morgan fingerprint density at radius 3 is 0.772 bits per heavy atom. The summed E-state index contributed by atoms with van der Waals surface area (Å²) in [5.74, 6) is 4.73. The highest BCUT2D eigenvalue weighted by Gasteiger charge is 2.42. The Bertz CT molecular complexity index is 5000. The maximum absolute atomic E-state index is 11.9. The summed E-state index contributed by atoms with van der Waals surface area (Å²) in [4.78, 5) is 82.1. The summed E-state index contributed by atoms with van der Waals surface area (Å²) in [7, 11) is 0.784. The van der Waals surface area contributed by atoms with Crippen molar-refractivity contribution in [1.29, 1.82) is 0 Å². The molecule has 576 valence electrons. The van der Waals surface area contributed by atoms with Crippen molar-refractivity contribution < 1.29 is 53.9 Å². The summed E-state index contributed by atoms with van der Waals surface area (Å²) in [5.41, 5.74) is 13.0. The van der Waals surface area contributed by atoms with E-state index in [-0.39, 0.29) is 54.6 Å². The van der Waals surface area contributed by atoms with Crippen molar-refractivity contribution in [3.8, 4) is 0 Å². The number of carboxylic acid groups (broad SMARTS) is 4. The number of benzene rings is 12. The van der Waals surface area contributed by atoms with Gasteiger partial charge in [0, 0.05) is 112 Å². The van der Waals surface area contributed by atoms with Crippen LogP contribution in [-0.4, -0.2) is 115 Å². The second-order valence-electron chi connectivity index (χ2n) is 27.5. The number of anilines is 12. The van der Waals surface area contributed by atoms with Crippen molar-refractivity contribution in [2.24, 2.45) is 0 Å². The van der Waals surface area contributed by atoms with Crippen LogP contribution in [0.3, 0.4) is 0 Å². The standard InChI is InChI=1S/2C24H21NO3S.C24H23NO2S.C23H21NO3S/c1-17-23(26)15-16-29(17)22-13-11-21(12-14-22)25(19-5-3-2-4-6-19)20-9-7-18(8-10-20)24(27)28;26-22-14-16-29(17-15-22)23-12-10-21(11-13-23)25(19-4-2-1-3-5-19)20-8-6-18(7-9-20)24(27)28;26-24(27)19-9-11-21(12-10-19)25(20-7-3-1-4-8-20)22-13-15-23(16-14-22)28-17-5-2-6-18-28;25-23(26)18-6-8-20(9-7-18)24(19-4-2-1-3-5-19)21-10-12-22(13-11-21)28-16-14-27-15-17-28/h2-14,17H,15-16H2,1H3;1-13H,14-17H2;1,3-4,7-16H,2,5-6,17-18H2;1-13H,14-17H2/p+4. The predicted molar refractivity (Wildman–Crippen MR) is 467 cm³/mol. The molecule has 4 aliphatic heterocycles. The van der Waals surface area contributed by atoms with Crippen LogP contribution in [0, 0.1) is 0 Å². The Morgan fingerprint density at radius 1 is 0.281 bits per heavy atom. The monoisotopic (exact) mass is 1590 g/mol. The van der Waals surface area contributed by atoms with Gasteiger partial charge in [0.05, 0.1) is 54.7 Å². The predicted octanol–water partition coefficient (Wildman–Crippen LogP) is 21.3. The highest BCUT2D eigenvalue weighted by Crippen LogP contribution is 2.41. The molecule has 12 aromatic rings. The molecule has 12 aromatic carbocycles. The van der Waals surface area contributed by atoms with Crippen molar-refractivity contribution >= 4 is 147 Å². The minimum Gasteiger partial charge on any atom is -0.478 e. The summed E-state index contributed by atoms with van der Waals surface area (Å²) in [5, 5.41) is 36.8. The molecule has 4 aliphatic rings. The van der Waals surface area contributed by atoms with E-state index in [9.17, 15) is 49.2 Å². The molecule has 2 unspecified atom stereocenters. The molecule has 0 spiro atoms. The van der Waals surface area contributed by atoms with Gasteiger partial charge in [-0.25, -0.2) is 19.2 Å². The van der Waals surface area contributed by atoms with Crippen LogP contribution < -0.4 is 19.6 Å². The fraction of sp³-hybridized carbons (Fsp3) is 0.179. The first-order chi connectivity index (χ1) is 55.6. The highest BCUT2D eigenvalue weighted by molar-refractivity contribution is 7.98. The van der Waals surface area contributed by atoms with E-state index in [0.717, 1.165) is 110 Å². The zero-order valence-electron chi connectivity index (χ0n) is 63.3. The normalized spacial score (nSPS) is 15.6. The van der Waals surface area contributed by atoms with Gasteiger partial charge in [0.15, 0.2) is 30.6 Å². The second kappa shape index (κ2) is 39.3. The zero-order chi connectivity index (χ0) is 79.3. The van der Waals surface area contributed by atoms with E-state index in [1.54, 1.807) is 48.5 Å². The highest BCUT2D eigenvalue weighted by atomic mass is 32.2. The summed E-state index contributed by atoms with van der Waals surface area (Å²) < 4.78 is 5.48. The molecule has 4 fully saturated rings. The number of ketones is 2. The van der Waals surface area contributed by atoms with Crippen molar-refractivity contribution in [1.82, 2.24) is 0 Å². The molecular formula is C95H90N4O11S4+4. The Morgan fingerprint density at radius 2 is 0.518 bits per heavy atom. The lowest BCUT2D eigenvalue weighted by molar-refractivity contribution is -0.118. The largest absolute Gasteiger partial charge is 0.478 e. The SMILES string of the molecule is CC1C(=O)CC[S+]1c1ccc(N(c2ccccc2)c2ccc(C(=O)O)cc2)cc1.O=C(O)c1ccc(N(c2ccccc2)c2ccc([S+]3CCCCC3)cc2)cc1.O=C(O)c1ccc(N(c2ccccc2)c2ccc([S+]3CCOCC3)cc2)cc1.O=C1CC[S+](c2ccc(N(c3ccccc3)c3ccc(C(=O)O)cc3)cc2)CC1. The van der Waals surface area contributed by atoms with E-state index in [4.69, 9.17) is 4.74 Å². The van der Waals surface area contributed by atoms with Crippen LogP contribution in [0.1, 0.15) is 86.9 Å². The van der Waals surface area contributed by atoms with Gasteiger partial charge in [-0.2, -0.15) is 0 Å². The number of nitrogens with zero attached hydrogens (tertiary/aromatic N) is 4. The van der Waals surface area contributed by atoms with Crippen LogP contribution in [0.25, 0.3) is 0 Å². The second-order valence-corrected chi connectivity index (χ2v) is 36.7. The number of carbonyl (C=O) groups excluding carboxylic acids is 2. The average molecular weight is 1590 g/mol. The number of para-hydroxylation sites is 4. The first-order valence-corrected chi connectivity index (χ1v) is 44.2. The minimum atomic E-state index is -0.937. The van der Waals surface area contributed by atoms with Crippen LogP contribution in [0.15, 0.2) is 335 Å². The molecule has 2 atom stereocenters. The number of ether oxygens (including phenoxy) is 1. The number of carbonyl (C=O) groups is 6. The molecule has 0 bridgehead atoms. The van der Waals surface area contributed by atoms with Gasteiger partial charge >= 0.3 is 23.9 Å². The summed E-state index contributed by atoms with van der Waals surface area (Å²) in [6.07, 6.45) is 6.12. The Balaban J connectivity index is 0.000000133. The first-order valence-electron chi connectivity index (χ1n) is 38.1. The smallest absolute Gasteiger partial charge is 0.335 e. The maximum Gasteiger partial charge on any atom is 0.335 e. The van der Waals surface area contributed by atoms with Crippen molar-refractivity contribution in [2.75, 3.05) is 73.1 Å². The van der Waals surface area contributed by atoms with E-state index in [1.807, 2.05) is 153 Å². The third-order valence-electron chi connectivity index (χ3n) is 20.2. The zero-order valence-corrected chi connectivity index (χ0v) is 66.5. The molecule has 16 rings (SSSR count). The van der Waals surface area contributed by atoms with Gasteiger partial charge < -0.3 is 44.8 Å². The van der Waals surface area contributed by atoms with Crippen molar-refractivity contribution in [2.45, 2.75) is 70.3 Å². The van der Waals surface area contributed by atoms with E-state index in [0.29, 0.717) is 47.3 Å². The third-order valence-corrected chi connectivity index (χ3v) is 29.9. The van der Waals surface area contributed by atoms with Gasteiger partial charge in [0.2, 0.25) is 0 Å². The molecule has 4 heterocycles. The van der Waals surface area contributed by atoms with Crippen molar-refractivity contribution in [3.63, 3.8) is 0 Å². The lowest BCUT2D eigenvalue weighted by Crippen LogP contribution is -2.26. The maximum atomic E-state index is 11.9. The third kappa shape index (κ3) is 20.6. The number of hydrogen-bond acceptors (Lipinski definition) is 11. The van der Waals surface area contributed by atoms with Gasteiger partial charge in [-0.05, 0) is 269 Å². The molecule has 0 radical (unpaired) electrons. The molecule has 19 heteroatoms. The fourth-order valence-corrected chi connectivity index (χ4v) is 22.7. The van der Waals surface area contributed by atoms with Gasteiger partial charge in [0.25, 0.3) is 0 Å². The van der Waals surface area contributed by atoms with E-state index >= 15 is 0 Å². The Hall–Kier alpha value is -11.6. The van der Waals surface area contributed by atoms with Crippen LogP contribution >= 0.6 is 0 Å². The summed E-state index contributed by atoms with van der Waals surface area (Å²) >= 11 is 0. The topological polar surface area (TPSA) is 206 Å². The summed E-state index contributed by atoms with van der Waals surface area (Å²) in [6, 6.07) is 103. The van der Waals surface area contributed by atoms with Crippen LogP contribution in [0.2, 0.25) is 0 Å². The number of Topliss-reactive ketones (excluding diaryl/α,β-unsaturated/α-hetero) is 2. The fourth-order valence-electron chi connectivity index (χ4n) is 14.1. The van der Waals surface area contributed by atoms with E-state index in [2.05, 4.69) is 141 Å². The molecule has 0 aromatic heterocycles. The molecule has 0 amide bonds. The number of hydrogen-bond donors (Lipinski definition) is 4. The molecule has 0 aliphatic carbocycles. The van der Waals surface area contributed by atoms with Gasteiger partial charge in [-0.1, -0.05) is 72.8 Å². The molecule has 4 N–H and O–H groups in total. The molecular weight excluding hydrogens is 1500 g/mol. The van der Waals surface area contributed by atoms with Crippen LogP contribution in [-0.2, 0) is 57.9 Å². The lowest BCUT2D eigenvalue weighted by atomic mass is 10.1. The van der Waals surface area contributed by atoms with Crippen LogP contribution in [0.5, 0.6) is 0 Å². The van der Waals surface area contributed by atoms with E-state index < -0.39 is 23.9 Å². The minimum absolute atomic E-state index is 0.0177. The molecule has 0 saturated carbocycles. The van der Waals surface area contributed by atoms with E-state index in [1.165, 1.54) is 50.4 Å². The lowest BCUT2D eigenvalue weighted by Gasteiger charge is -2.25. The summed E-state index contributed by atoms with van der Waals surface area (Å²) in [6.45, 7) is 3.72. The van der Waals surface area contributed by atoms with Crippen molar-refractivity contribution in [3.05, 3.63) is 338 Å². The molecule has 114 heavy (non-hydrogen) atoms. The first kappa shape index (κ1) is 80.5. The molecule has 15 nitrogen and oxygen atoms in total. The van der Waals surface area contributed by atoms with Gasteiger partial charge in [0.1, 0.15) is 46.1 Å².